The number of carbonyl (C=O) groups is 1. The first-order valence-corrected chi connectivity index (χ1v) is 12.6. The van der Waals surface area contributed by atoms with Crippen molar-refractivity contribution in [2.24, 2.45) is 29.1 Å². The molecule has 0 heterocycles. The molecule has 0 bridgehead atoms. The second-order valence-corrected chi connectivity index (χ2v) is 10.3. The van der Waals surface area contributed by atoms with Gasteiger partial charge in [0.2, 0.25) is 0 Å². The molecule has 2 saturated carbocycles. The van der Waals surface area contributed by atoms with Gasteiger partial charge in [-0.1, -0.05) is 65.2 Å². The number of nitrogens with zero attached hydrogens (tertiary/aromatic N) is 1. The fourth-order valence-corrected chi connectivity index (χ4v) is 6.63. The SMILES string of the molecule is CCCCCCCC1(C2CC(C#N)CCC2C(C)CCCC(=O)O)CCCCC1. The maximum absolute atomic E-state index is 11.0. The summed E-state index contributed by atoms with van der Waals surface area (Å²) < 4.78 is 0. The Bertz CT molecular complexity index is 517. The minimum atomic E-state index is -0.669. The lowest BCUT2D eigenvalue weighted by molar-refractivity contribution is -0.137. The molecule has 0 saturated heterocycles. The Morgan fingerprint density at radius 2 is 1.83 bits per heavy atom. The predicted octanol–water partition coefficient (Wildman–Crippen LogP) is 7.74. The lowest BCUT2D eigenvalue weighted by atomic mass is 9.53. The second-order valence-electron chi connectivity index (χ2n) is 10.3. The maximum Gasteiger partial charge on any atom is 0.303 e. The van der Waals surface area contributed by atoms with Gasteiger partial charge in [-0.3, -0.25) is 4.79 Å². The molecular weight excluding hydrogens is 358 g/mol. The summed E-state index contributed by atoms with van der Waals surface area (Å²) in [6.07, 6.45) is 20.4. The predicted molar refractivity (Wildman–Crippen MR) is 119 cm³/mol. The molecule has 2 aliphatic carbocycles. The van der Waals surface area contributed by atoms with E-state index in [1.165, 1.54) is 77.0 Å². The van der Waals surface area contributed by atoms with Gasteiger partial charge >= 0.3 is 5.97 Å². The Hall–Kier alpha value is -1.04. The first-order valence-electron chi connectivity index (χ1n) is 12.6. The van der Waals surface area contributed by atoms with E-state index in [-0.39, 0.29) is 5.92 Å². The number of unbranched alkanes of at least 4 members (excludes halogenated alkanes) is 4. The zero-order chi connectivity index (χ0) is 21.1. The van der Waals surface area contributed by atoms with Gasteiger partial charge in [-0.2, -0.15) is 5.26 Å². The number of hydrogen-bond donors (Lipinski definition) is 1. The molecule has 1 N–H and O–H groups in total. The highest BCUT2D eigenvalue weighted by atomic mass is 16.4. The molecule has 3 heteroatoms. The highest BCUT2D eigenvalue weighted by Crippen LogP contribution is 2.56. The maximum atomic E-state index is 11.0. The average Bonchev–Trinajstić information content (AvgIpc) is 2.73. The van der Waals surface area contributed by atoms with Gasteiger partial charge in [-0.05, 0) is 74.5 Å². The zero-order valence-corrected chi connectivity index (χ0v) is 19.1. The molecule has 2 rings (SSSR count). The van der Waals surface area contributed by atoms with Crippen LogP contribution in [0.25, 0.3) is 0 Å². The molecule has 0 aromatic carbocycles. The fraction of sp³-hybridized carbons (Fsp3) is 0.923. The van der Waals surface area contributed by atoms with Crippen molar-refractivity contribution in [3.8, 4) is 6.07 Å². The Kier molecular flexibility index (Phi) is 10.5. The summed E-state index contributed by atoms with van der Waals surface area (Å²) in [5.74, 6) is 1.51. The second kappa shape index (κ2) is 12.6. The van der Waals surface area contributed by atoms with Crippen molar-refractivity contribution in [2.75, 3.05) is 0 Å². The lowest BCUT2D eigenvalue weighted by Crippen LogP contribution is -2.43. The average molecular weight is 404 g/mol. The lowest BCUT2D eigenvalue weighted by Gasteiger charge is -2.52. The molecule has 2 fully saturated rings. The summed E-state index contributed by atoms with van der Waals surface area (Å²) in [6.45, 7) is 4.65. The molecule has 166 valence electrons. The number of hydrogen-bond acceptors (Lipinski definition) is 2. The number of aliphatic carboxylic acids is 1. The van der Waals surface area contributed by atoms with Gasteiger partial charge in [-0.25, -0.2) is 0 Å². The molecular formula is C26H45NO2. The number of carboxylic acids is 1. The third-order valence-corrected chi connectivity index (χ3v) is 8.28. The minimum absolute atomic E-state index is 0.237. The number of carboxylic acid groups (broad SMARTS) is 1. The Morgan fingerprint density at radius 1 is 1.10 bits per heavy atom. The van der Waals surface area contributed by atoms with Crippen molar-refractivity contribution in [1.29, 1.82) is 5.26 Å². The highest BCUT2D eigenvalue weighted by Gasteiger charge is 2.46. The third-order valence-electron chi connectivity index (χ3n) is 8.28. The zero-order valence-electron chi connectivity index (χ0n) is 19.1. The van der Waals surface area contributed by atoms with Crippen molar-refractivity contribution < 1.29 is 9.90 Å². The fourth-order valence-electron chi connectivity index (χ4n) is 6.63. The van der Waals surface area contributed by atoms with Crippen LogP contribution in [0.2, 0.25) is 0 Å². The summed E-state index contributed by atoms with van der Waals surface area (Å²) in [6, 6.07) is 2.61. The smallest absolute Gasteiger partial charge is 0.303 e. The van der Waals surface area contributed by atoms with Crippen molar-refractivity contribution in [3.05, 3.63) is 0 Å². The molecule has 0 amide bonds. The van der Waals surface area contributed by atoms with E-state index in [0.717, 1.165) is 25.7 Å². The molecule has 0 aromatic rings. The first-order chi connectivity index (χ1) is 14.0. The summed E-state index contributed by atoms with van der Waals surface area (Å²) in [5.41, 5.74) is 0.450. The van der Waals surface area contributed by atoms with Gasteiger partial charge in [0.15, 0.2) is 0 Å². The van der Waals surface area contributed by atoms with Crippen LogP contribution in [-0.4, -0.2) is 11.1 Å². The van der Waals surface area contributed by atoms with E-state index < -0.39 is 5.97 Å². The minimum Gasteiger partial charge on any atom is -0.481 e. The van der Waals surface area contributed by atoms with Crippen molar-refractivity contribution in [3.63, 3.8) is 0 Å². The van der Waals surface area contributed by atoms with E-state index in [0.29, 0.717) is 29.6 Å². The Labute approximate surface area is 179 Å². The van der Waals surface area contributed by atoms with E-state index in [1.54, 1.807) is 0 Å². The molecule has 0 radical (unpaired) electrons. The van der Waals surface area contributed by atoms with Crippen molar-refractivity contribution >= 4 is 5.97 Å². The van der Waals surface area contributed by atoms with E-state index in [2.05, 4.69) is 19.9 Å². The van der Waals surface area contributed by atoms with E-state index >= 15 is 0 Å². The molecule has 29 heavy (non-hydrogen) atoms. The van der Waals surface area contributed by atoms with Gasteiger partial charge in [0.05, 0.1) is 6.07 Å². The van der Waals surface area contributed by atoms with Crippen LogP contribution in [0, 0.1) is 40.4 Å². The van der Waals surface area contributed by atoms with Gasteiger partial charge in [0, 0.05) is 12.3 Å². The Balaban J connectivity index is 2.10. The summed E-state index contributed by atoms with van der Waals surface area (Å²) in [7, 11) is 0. The number of nitriles is 1. The summed E-state index contributed by atoms with van der Waals surface area (Å²) >= 11 is 0. The first kappa shape index (κ1) is 24.2. The van der Waals surface area contributed by atoms with Crippen LogP contribution in [0.4, 0.5) is 0 Å². The van der Waals surface area contributed by atoms with Crippen LogP contribution >= 0.6 is 0 Å². The van der Waals surface area contributed by atoms with Gasteiger partial charge < -0.3 is 5.11 Å². The normalized spacial score (nSPS) is 27.8. The molecule has 0 aliphatic heterocycles. The van der Waals surface area contributed by atoms with Crippen molar-refractivity contribution in [1.82, 2.24) is 0 Å². The monoisotopic (exact) mass is 403 g/mol. The summed E-state index contributed by atoms with van der Waals surface area (Å²) in [4.78, 5) is 11.0. The highest BCUT2D eigenvalue weighted by molar-refractivity contribution is 5.66. The number of rotatable bonds is 12. The molecule has 3 nitrogen and oxygen atoms in total. The van der Waals surface area contributed by atoms with E-state index in [4.69, 9.17) is 5.11 Å². The van der Waals surface area contributed by atoms with Gasteiger partial charge in [0.1, 0.15) is 0 Å². The molecule has 4 atom stereocenters. The van der Waals surface area contributed by atoms with Crippen LogP contribution < -0.4 is 0 Å². The summed E-state index contributed by atoms with van der Waals surface area (Å²) in [5, 5.41) is 18.7. The third kappa shape index (κ3) is 7.30. The Morgan fingerprint density at radius 3 is 2.48 bits per heavy atom. The molecule has 0 aromatic heterocycles. The van der Waals surface area contributed by atoms with Gasteiger partial charge in [0.25, 0.3) is 0 Å². The van der Waals surface area contributed by atoms with Crippen LogP contribution in [0.5, 0.6) is 0 Å². The van der Waals surface area contributed by atoms with Crippen LogP contribution in [0.3, 0.4) is 0 Å². The van der Waals surface area contributed by atoms with E-state index in [1.807, 2.05) is 0 Å². The topological polar surface area (TPSA) is 61.1 Å². The quantitative estimate of drug-likeness (QED) is 0.339. The van der Waals surface area contributed by atoms with Crippen LogP contribution in [-0.2, 0) is 4.79 Å². The van der Waals surface area contributed by atoms with Crippen LogP contribution in [0.15, 0.2) is 0 Å². The van der Waals surface area contributed by atoms with Crippen molar-refractivity contribution in [2.45, 2.75) is 123 Å². The molecule has 4 unspecified atom stereocenters. The molecule has 2 aliphatic rings. The molecule has 0 spiro atoms. The standard InChI is InChI=1S/C26H45NO2/c1-3-4-5-6-8-16-26(17-9-7-10-18-26)24-19-22(20-27)14-15-23(24)21(2)12-11-13-25(28)29/h21-24H,3-19H2,1-2H3,(H,28,29). The largest absolute Gasteiger partial charge is 0.481 e. The van der Waals surface area contributed by atoms with Crippen LogP contribution in [0.1, 0.15) is 123 Å². The van der Waals surface area contributed by atoms with E-state index in [9.17, 15) is 10.1 Å². The van der Waals surface area contributed by atoms with Gasteiger partial charge in [-0.15, -0.1) is 0 Å².